The van der Waals surface area contributed by atoms with Crippen LogP contribution in [0.25, 0.3) is 0 Å². The van der Waals surface area contributed by atoms with E-state index in [1.807, 2.05) is 19.1 Å². The average molecular weight is 392 g/mol. The summed E-state index contributed by atoms with van der Waals surface area (Å²) >= 11 is 6.12. The van der Waals surface area contributed by atoms with E-state index < -0.39 is 0 Å². The molecule has 0 aromatic heterocycles. The maximum absolute atomic E-state index is 14.6. The molecule has 0 saturated carbocycles. The zero-order valence-corrected chi connectivity index (χ0v) is 16.9. The fraction of sp³-hybridized carbons (Fsp3) is 0.429. The first-order chi connectivity index (χ1) is 12.8. The van der Waals surface area contributed by atoms with Gasteiger partial charge in [-0.15, -0.1) is 0 Å². The first-order valence-corrected chi connectivity index (χ1v) is 9.65. The number of phenols is 1. The summed E-state index contributed by atoms with van der Waals surface area (Å²) in [6.45, 7) is 3.94. The second-order valence-electron chi connectivity index (χ2n) is 7.43. The first-order valence-electron chi connectivity index (χ1n) is 9.28. The highest BCUT2D eigenvalue weighted by Crippen LogP contribution is 2.29. The van der Waals surface area contributed by atoms with E-state index in [4.69, 9.17) is 11.6 Å². The van der Waals surface area contributed by atoms with Gasteiger partial charge in [-0.3, -0.25) is 0 Å². The van der Waals surface area contributed by atoms with E-state index in [9.17, 15) is 9.50 Å². The standard InChI is InChI=1S/C21H27ClFN3O/c1-14-10-21(27)15(11-18(14)22)13-24-16-4-5-20(19(23)12-16)26-8-6-17(7-9-26)25(2)3/h4-5,10-12,17,24,27H,6-9,13H2,1-3H3. The third-order valence-corrected chi connectivity index (χ3v) is 5.73. The van der Waals surface area contributed by atoms with Crippen molar-refractivity contribution in [2.45, 2.75) is 32.4 Å². The van der Waals surface area contributed by atoms with E-state index in [1.165, 1.54) is 6.07 Å². The van der Waals surface area contributed by atoms with Crippen LogP contribution in [0.1, 0.15) is 24.0 Å². The van der Waals surface area contributed by atoms with Crippen LogP contribution >= 0.6 is 11.6 Å². The zero-order chi connectivity index (χ0) is 19.6. The van der Waals surface area contributed by atoms with Gasteiger partial charge in [0.25, 0.3) is 0 Å². The molecule has 1 fully saturated rings. The lowest BCUT2D eigenvalue weighted by Gasteiger charge is -2.36. The molecule has 1 saturated heterocycles. The van der Waals surface area contributed by atoms with Crippen molar-refractivity contribution in [3.8, 4) is 5.75 Å². The molecule has 0 bridgehead atoms. The van der Waals surface area contributed by atoms with E-state index in [0.717, 1.165) is 31.5 Å². The summed E-state index contributed by atoms with van der Waals surface area (Å²) in [7, 11) is 4.20. The van der Waals surface area contributed by atoms with Crippen LogP contribution in [0.3, 0.4) is 0 Å². The summed E-state index contributed by atoms with van der Waals surface area (Å²) in [5.74, 6) is -0.0419. The van der Waals surface area contributed by atoms with Crippen molar-refractivity contribution in [3.63, 3.8) is 0 Å². The molecule has 1 aliphatic heterocycles. The van der Waals surface area contributed by atoms with Crippen LogP contribution in [0.4, 0.5) is 15.8 Å². The lowest BCUT2D eigenvalue weighted by atomic mass is 10.0. The van der Waals surface area contributed by atoms with Gasteiger partial charge in [0.15, 0.2) is 0 Å². The molecular weight excluding hydrogens is 365 g/mol. The number of nitrogens with one attached hydrogen (secondary N) is 1. The van der Waals surface area contributed by atoms with Gasteiger partial charge in [-0.25, -0.2) is 4.39 Å². The number of rotatable bonds is 5. The maximum Gasteiger partial charge on any atom is 0.148 e. The second-order valence-corrected chi connectivity index (χ2v) is 7.84. The predicted molar refractivity (Wildman–Crippen MR) is 111 cm³/mol. The van der Waals surface area contributed by atoms with Crippen LogP contribution in [0.5, 0.6) is 5.75 Å². The lowest BCUT2D eigenvalue weighted by Crippen LogP contribution is -2.42. The van der Waals surface area contributed by atoms with E-state index in [-0.39, 0.29) is 11.6 Å². The molecule has 0 atom stereocenters. The summed E-state index contributed by atoms with van der Waals surface area (Å²) in [6, 6.07) is 9.16. The van der Waals surface area contributed by atoms with E-state index >= 15 is 0 Å². The monoisotopic (exact) mass is 391 g/mol. The summed E-state index contributed by atoms with van der Waals surface area (Å²) in [4.78, 5) is 4.36. The molecule has 2 N–H and O–H groups in total. The number of piperidine rings is 1. The first kappa shape index (κ1) is 19.8. The molecule has 1 heterocycles. The van der Waals surface area contributed by atoms with Gasteiger partial charge >= 0.3 is 0 Å². The Bertz CT molecular complexity index is 804. The van der Waals surface area contributed by atoms with E-state index in [0.29, 0.717) is 34.5 Å². The number of benzene rings is 2. The molecule has 146 valence electrons. The molecule has 0 amide bonds. The minimum atomic E-state index is -0.227. The van der Waals surface area contributed by atoms with Crippen molar-refractivity contribution in [3.05, 3.63) is 52.3 Å². The highest BCUT2D eigenvalue weighted by atomic mass is 35.5. The molecule has 6 heteroatoms. The predicted octanol–water partition coefficient (Wildman–Crippen LogP) is 4.64. The van der Waals surface area contributed by atoms with Crippen molar-refractivity contribution in [1.82, 2.24) is 4.90 Å². The Kier molecular flexibility index (Phi) is 6.12. The fourth-order valence-electron chi connectivity index (χ4n) is 3.54. The topological polar surface area (TPSA) is 38.7 Å². The van der Waals surface area contributed by atoms with Gasteiger partial charge in [0.1, 0.15) is 11.6 Å². The number of hydrogen-bond donors (Lipinski definition) is 2. The molecule has 0 radical (unpaired) electrons. The van der Waals surface area contributed by atoms with Gasteiger partial charge in [0.2, 0.25) is 0 Å². The maximum atomic E-state index is 14.6. The Balaban J connectivity index is 1.64. The van der Waals surface area contributed by atoms with Crippen LogP contribution < -0.4 is 10.2 Å². The third kappa shape index (κ3) is 4.66. The average Bonchev–Trinajstić information content (AvgIpc) is 2.64. The molecule has 0 unspecified atom stereocenters. The van der Waals surface area contributed by atoms with Crippen LogP contribution in [-0.2, 0) is 6.54 Å². The Hall–Kier alpha value is -1.98. The van der Waals surface area contributed by atoms with Gasteiger partial charge in [0.05, 0.1) is 5.69 Å². The molecule has 27 heavy (non-hydrogen) atoms. The van der Waals surface area contributed by atoms with Crippen LogP contribution in [0, 0.1) is 12.7 Å². The Labute approximate surface area is 165 Å². The van der Waals surface area contributed by atoms with Gasteiger partial charge in [0, 0.05) is 41.9 Å². The van der Waals surface area contributed by atoms with Crippen molar-refractivity contribution in [2.24, 2.45) is 0 Å². The van der Waals surface area contributed by atoms with Gasteiger partial charge in [-0.2, -0.15) is 0 Å². The molecule has 2 aromatic rings. The van der Waals surface area contributed by atoms with Crippen LogP contribution in [-0.4, -0.2) is 43.2 Å². The second kappa shape index (κ2) is 8.36. The number of phenolic OH excluding ortho intramolecular Hbond substituents is 1. The Morgan fingerprint density at radius 1 is 1.22 bits per heavy atom. The number of anilines is 2. The number of hydrogen-bond acceptors (Lipinski definition) is 4. The van der Waals surface area contributed by atoms with E-state index in [2.05, 4.69) is 29.2 Å². The molecule has 3 rings (SSSR count). The quantitative estimate of drug-likeness (QED) is 0.779. The molecule has 4 nitrogen and oxygen atoms in total. The van der Waals surface area contributed by atoms with Crippen molar-refractivity contribution in [2.75, 3.05) is 37.4 Å². The largest absolute Gasteiger partial charge is 0.508 e. The minimum absolute atomic E-state index is 0.185. The smallest absolute Gasteiger partial charge is 0.148 e. The summed E-state index contributed by atoms with van der Waals surface area (Å²) in [6.07, 6.45) is 2.08. The van der Waals surface area contributed by atoms with Crippen LogP contribution in [0.2, 0.25) is 5.02 Å². The van der Waals surface area contributed by atoms with Crippen molar-refractivity contribution in [1.29, 1.82) is 0 Å². The molecule has 2 aromatic carbocycles. The van der Waals surface area contributed by atoms with Crippen LogP contribution in [0.15, 0.2) is 30.3 Å². The highest BCUT2D eigenvalue weighted by Gasteiger charge is 2.22. The molecule has 0 aliphatic carbocycles. The van der Waals surface area contributed by atoms with Gasteiger partial charge in [-0.1, -0.05) is 11.6 Å². The lowest BCUT2D eigenvalue weighted by molar-refractivity contribution is 0.249. The number of halogens is 2. The zero-order valence-electron chi connectivity index (χ0n) is 16.1. The molecular formula is C21H27ClFN3O. The van der Waals surface area contributed by atoms with Gasteiger partial charge < -0.3 is 20.2 Å². The van der Waals surface area contributed by atoms with Crippen molar-refractivity contribution >= 4 is 23.0 Å². The third-order valence-electron chi connectivity index (χ3n) is 5.33. The summed E-state index contributed by atoms with van der Waals surface area (Å²) in [5.41, 5.74) is 2.83. The van der Waals surface area contributed by atoms with E-state index in [1.54, 1.807) is 12.1 Å². The number of aryl methyl sites for hydroxylation is 1. The van der Waals surface area contributed by atoms with Gasteiger partial charge in [-0.05, 0) is 69.8 Å². The highest BCUT2D eigenvalue weighted by molar-refractivity contribution is 6.31. The molecule has 0 spiro atoms. The van der Waals surface area contributed by atoms with Crippen molar-refractivity contribution < 1.29 is 9.50 Å². The summed E-state index contributed by atoms with van der Waals surface area (Å²) < 4.78 is 14.6. The summed E-state index contributed by atoms with van der Waals surface area (Å²) in [5, 5.41) is 13.8. The SMILES string of the molecule is Cc1cc(O)c(CNc2ccc(N3CCC(N(C)C)CC3)c(F)c2)cc1Cl. The minimum Gasteiger partial charge on any atom is -0.508 e. The number of nitrogens with zero attached hydrogens (tertiary/aromatic N) is 2. The molecule has 1 aliphatic rings. The number of aromatic hydroxyl groups is 1. The Morgan fingerprint density at radius 3 is 2.56 bits per heavy atom. The fourth-order valence-corrected chi connectivity index (χ4v) is 3.73. The Morgan fingerprint density at radius 2 is 1.93 bits per heavy atom. The normalized spacial score (nSPS) is 15.4.